The van der Waals surface area contributed by atoms with Crippen molar-refractivity contribution in [2.45, 2.75) is 45.6 Å². The predicted octanol–water partition coefficient (Wildman–Crippen LogP) is 1.75. The molecule has 0 aliphatic carbocycles. The summed E-state index contributed by atoms with van der Waals surface area (Å²) in [5.74, 6) is 0.764. The molecular weight excluding hydrogens is 178 g/mol. The highest BCUT2D eigenvalue weighted by Crippen LogP contribution is 2.07. The zero-order chi connectivity index (χ0) is 11.0. The normalized spacial score (nSPS) is 13.2. The molecular formula is C11H23NO2. The molecule has 0 aliphatic rings. The van der Waals surface area contributed by atoms with E-state index in [1.54, 1.807) is 7.11 Å². The van der Waals surface area contributed by atoms with Crippen LogP contribution in [0, 0.1) is 5.92 Å². The molecule has 3 nitrogen and oxygen atoms in total. The molecule has 1 unspecified atom stereocenters. The summed E-state index contributed by atoms with van der Waals surface area (Å²) in [4.78, 5) is 11.5. The van der Waals surface area contributed by atoms with Crippen molar-refractivity contribution in [3.63, 3.8) is 0 Å². The van der Waals surface area contributed by atoms with Crippen molar-refractivity contribution in [1.29, 1.82) is 0 Å². The Morgan fingerprint density at radius 3 is 2.50 bits per heavy atom. The van der Waals surface area contributed by atoms with Crippen LogP contribution < -0.4 is 5.73 Å². The van der Waals surface area contributed by atoms with Crippen LogP contribution in [-0.4, -0.2) is 25.5 Å². The van der Waals surface area contributed by atoms with Crippen LogP contribution in [0.4, 0.5) is 0 Å². The van der Waals surface area contributed by atoms with Gasteiger partial charge in [0.2, 0.25) is 0 Å². The number of carbonyl (C=O) groups excluding carboxylic acids is 1. The highest BCUT2D eigenvalue weighted by atomic mass is 16.5. The van der Waals surface area contributed by atoms with Crippen LogP contribution in [0.3, 0.4) is 0 Å². The van der Waals surface area contributed by atoms with Crippen molar-refractivity contribution >= 4 is 5.78 Å². The standard InChI is InChI=1S/C11H23NO2/c1-9(2)6-7-11(13)10(12)5-4-8-14-3/h9-10H,4-8,12H2,1-3H3. The molecule has 1 atom stereocenters. The summed E-state index contributed by atoms with van der Waals surface area (Å²) in [6.07, 6.45) is 3.17. The van der Waals surface area contributed by atoms with Crippen molar-refractivity contribution in [2.24, 2.45) is 11.7 Å². The largest absolute Gasteiger partial charge is 0.385 e. The van der Waals surface area contributed by atoms with Gasteiger partial charge in [0.05, 0.1) is 6.04 Å². The monoisotopic (exact) mass is 201 g/mol. The fraction of sp³-hybridized carbons (Fsp3) is 0.909. The maximum absolute atomic E-state index is 11.5. The third-order valence-electron chi connectivity index (χ3n) is 2.25. The number of Topliss-reactive ketones (excluding diaryl/α,β-unsaturated/α-hetero) is 1. The summed E-state index contributed by atoms with van der Waals surface area (Å²) in [5.41, 5.74) is 5.74. The van der Waals surface area contributed by atoms with Gasteiger partial charge in [-0.3, -0.25) is 4.79 Å². The Morgan fingerprint density at radius 2 is 2.00 bits per heavy atom. The van der Waals surface area contributed by atoms with Gasteiger partial charge in [-0.25, -0.2) is 0 Å². The second-order valence-electron chi connectivity index (χ2n) is 4.14. The lowest BCUT2D eigenvalue weighted by Crippen LogP contribution is -2.30. The minimum atomic E-state index is -0.288. The van der Waals surface area contributed by atoms with Crippen LogP contribution in [-0.2, 0) is 9.53 Å². The zero-order valence-electron chi connectivity index (χ0n) is 9.58. The Bertz CT molecular complexity index is 157. The molecule has 0 aromatic rings. The summed E-state index contributed by atoms with van der Waals surface area (Å²) in [7, 11) is 1.66. The van der Waals surface area contributed by atoms with E-state index in [1.807, 2.05) is 0 Å². The van der Waals surface area contributed by atoms with E-state index < -0.39 is 0 Å². The van der Waals surface area contributed by atoms with Crippen LogP contribution in [0.1, 0.15) is 39.5 Å². The van der Waals surface area contributed by atoms with Crippen molar-refractivity contribution in [3.05, 3.63) is 0 Å². The highest BCUT2D eigenvalue weighted by molar-refractivity contribution is 5.83. The Hall–Kier alpha value is -0.410. The molecule has 0 aliphatic heterocycles. The maximum Gasteiger partial charge on any atom is 0.149 e. The van der Waals surface area contributed by atoms with Crippen molar-refractivity contribution in [3.8, 4) is 0 Å². The van der Waals surface area contributed by atoms with E-state index in [-0.39, 0.29) is 11.8 Å². The van der Waals surface area contributed by atoms with Gasteiger partial charge in [-0.05, 0) is 25.2 Å². The molecule has 0 amide bonds. The van der Waals surface area contributed by atoms with Crippen molar-refractivity contribution in [1.82, 2.24) is 0 Å². The fourth-order valence-corrected chi connectivity index (χ4v) is 1.22. The molecule has 14 heavy (non-hydrogen) atoms. The third-order valence-corrected chi connectivity index (χ3v) is 2.25. The highest BCUT2D eigenvalue weighted by Gasteiger charge is 2.12. The molecule has 0 fully saturated rings. The second kappa shape index (κ2) is 7.94. The molecule has 0 saturated carbocycles. The van der Waals surface area contributed by atoms with E-state index in [0.29, 0.717) is 18.9 Å². The van der Waals surface area contributed by atoms with Gasteiger partial charge >= 0.3 is 0 Å². The molecule has 0 aromatic heterocycles. The molecule has 0 bridgehead atoms. The lowest BCUT2D eigenvalue weighted by Gasteiger charge is -2.10. The van der Waals surface area contributed by atoms with E-state index in [9.17, 15) is 4.79 Å². The van der Waals surface area contributed by atoms with E-state index in [0.717, 1.165) is 19.3 Å². The number of nitrogens with two attached hydrogens (primary N) is 1. The van der Waals surface area contributed by atoms with Gasteiger partial charge in [-0.2, -0.15) is 0 Å². The molecule has 0 spiro atoms. The molecule has 0 rings (SSSR count). The van der Waals surface area contributed by atoms with Crippen LogP contribution in [0.15, 0.2) is 0 Å². The Morgan fingerprint density at radius 1 is 1.36 bits per heavy atom. The predicted molar refractivity (Wildman–Crippen MR) is 58.2 cm³/mol. The van der Waals surface area contributed by atoms with Gasteiger partial charge in [-0.1, -0.05) is 13.8 Å². The first-order valence-electron chi connectivity index (χ1n) is 5.35. The number of carbonyl (C=O) groups is 1. The van der Waals surface area contributed by atoms with E-state index in [2.05, 4.69) is 13.8 Å². The number of ketones is 1. The average molecular weight is 201 g/mol. The average Bonchev–Trinajstić information content (AvgIpc) is 2.14. The first-order chi connectivity index (χ1) is 6.57. The zero-order valence-corrected chi connectivity index (χ0v) is 9.58. The van der Waals surface area contributed by atoms with Crippen molar-refractivity contribution < 1.29 is 9.53 Å². The quantitative estimate of drug-likeness (QED) is 0.609. The molecule has 0 heterocycles. The smallest absolute Gasteiger partial charge is 0.149 e. The van der Waals surface area contributed by atoms with Crippen LogP contribution in [0.5, 0.6) is 0 Å². The Balaban J connectivity index is 3.54. The van der Waals surface area contributed by atoms with E-state index in [1.165, 1.54) is 0 Å². The first-order valence-corrected chi connectivity index (χ1v) is 5.35. The molecule has 0 aromatic carbocycles. The third kappa shape index (κ3) is 7.04. The van der Waals surface area contributed by atoms with Gasteiger partial charge in [-0.15, -0.1) is 0 Å². The fourth-order valence-electron chi connectivity index (χ4n) is 1.22. The molecule has 2 N–H and O–H groups in total. The van der Waals surface area contributed by atoms with Gasteiger partial charge in [0.1, 0.15) is 5.78 Å². The number of methoxy groups -OCH3 is 1. The summed E-state index contributed by atoms with van der Waals surface area (Å²) in [6.45, 7) is 4.92. The molecule has 84 valence electrons. The van der Waals surface area contributed by atoms with Crippen LogP contribution in [0.2, 0.25) is 0 Å². The molecule has 3 heteroatoms. The lowest BCUT2D eigenvalue weighted by molar-refractivity contribution is -0.120. The van der Waals surface area contributed by atoms with Crippen LogP contribution >= 0.6 is 0 Å². The first kappa shape index (κ1) is 13.6. The van der Waals surface area contributed by atoms with Gasteiger partial charge in [0, 0.05) is 20.1 Å². The maximum atomic E-state index is 11.5. The van der Waals surface area contributed by atoms with Crippen molar-refractivity contribution in [2.75, 3.05) is 13.7 Å². The van der Waals surface area contributed by atoms with Gasteiger partial charge in [0.15, 0.2) is 0 Å². The summed E-state index contributed by atoms with van der Waals surface area (Å²) >= 11 is 0. The van der Waals surface area contributed by atoms with Crippen LogP contribution in [0.25, 0.3) is 0 Å². The molecule has 0 radical (unpaired) electrons. The number of hydrogen-bond acceptors (Lipinski definition) is 3. The summed E-state index contributed by atoms with van der Waals surface area (Å²) in [6, 6.07) is -0.288. The van der Waals surface area contributed by atoms with Gasteiger partial charge < -0.3 is 10.5 Å². The minimum absolute atomic E-state index is 0.190. The minimum Gasteiger partial charge on any atom is -0.385 e. The Labute approximate surface area is 87.0 Å². The van der Waals surface area contributed by atoms with Gasteiger partial charge in [0.25, 0.3) is 0 Å². The SMILES string of the molecule is COCCCC(N)C(=O)CCC(C)C. The lowest BCUT2D eigenvalue weighted by atomic mass is 10.00. The number of ether oxygens (including phenoxy) is 1. The number of rotatable bonds is 8. The topological polar surface area (TPSA) is 52.3 Å². The summed E-state index contributed by atoms with van der Waals surface area (Å²) < 4.78 is 4.90. The van der Waals surface area contributed by atoms with E-state index in [4.69, 9.17) is 10.5 Å². The molecule has 0 saturated heterocycles. The number of hydrogen-bond donors (Lipinski definition) is 1. The van der Waals surface area contributed by atoms with E-state index >= 15 is 0 Å². The summed E-state index contributed by atoms with van der Waals surface area (Å²) in [5, 5.41) is 0. The second-order valence-corrected chi connectivity index (χ2v) is 4.14. The Kier molecular flexibility index (Phi) is 7.71.